The van der Waals surface area contributed by atoms with Crippen LogP contribution in [-0.4, -0.2) is 7.05 Å². The van der Waals surface area contributed by atoms with E-state index in [1.807, 2.05) is 12.1 Å². The van der Waals surface area contributed by atoms with E-state index in [0.717, 1.165) is 16.7 Å². The van der Waals surface area contributed by atoms with Gasteiger partial charge in [0.25, 0.3) is 0 Å². The number of benzene rings is 1. The summed E-state index contributed by atoms with van der Waals surface area (Å²) in [5, 5.41) is 2.11. The zero-order valence-corrected chi connectivity index (χ0v) is 12.3. The summed E-state index contributed by atoms with van der Waals surface area (Å²) < 4.78 is 1.15. The highest BCUT2D eigenvalue weighted by Crippen LogP contribution is 2.26. The van der Waals surface area contributed by atoms with E-state index in [1.54, 1.807) is 11.3 Å². The van der Waals surface area contributed by atoms with Crippen molar-refractivity contribution in [3.8, 4) is 0 Å². The highest BCUT2D eigenvalue weighted by atomic mass is 79.9. The molecule has 0 atom stereocenters. The highest BCUT2D eigenvalue weighted by Gasteiger charge is 2.07. The van der Waals surface area contributed by atoms with Crippen molar-refractivity contribution in [2.45, 2.75) is 13.5 Å². The van der Waals surface area contributed by atoms with Crippen LogP contribution in [0.2, 0.25) is 0 Å². The Hall–Kier alpha value is -1.000. The van der Waals surface area contributed by atoms with E-state index in [0.29, 0.717) is 0 Å². The van der Waals surface area contributed by atoms with Gasteiger partial charge in [-0.2, -0.15) is 0 Å². The standard InChI is InChI=1S/C13H15BrN2S/c1-9-3-4-11(15)6-13(9)16(2)7-12-5-10(14)8-17-12/h3-6,8H,7,15H2,1-2H3. The van der Waals surface area contributed by atoms with Crippen molar-refractivity contribution in [2.24, 2.45) is 0 Å². The van der Waals surface area contributed by atoms with Gasteiger partial charge >= 0.3 is 0 Å². The Balaban J connectivity index is 2.19. The first-order valence-corrected chi connectivity index (χ1v) is 7.03. The lowest BCUT2D eigenvalue weighted by atomic mass is 10.1. The average molecular weight is 311 g/mol. The second kappa shape index (κ2) is 5.10. The molecule has 17 heavy (non-hydrogen) atoms. The Labute approximate surface area is 114 Å². The van der Waals surface area contributed by atoms with Crippen LogP contribution >= 0.6 is 27.3 Å². The van der Waals surface area contributed by atoms with Crippen LogP contribution in [0.1, 0.15) is 10.4 Å². The predicted molar refractivity (Wildman–Crippen MR) is 79.7 cm³/mol. The molecule has 2 nitrogen and oxygen atoms in total. The quantitative estimate of drug-likeness (QED) is 0.867. The second-order valence-corrected chi connectivity index (χ2v) is 6.04. The molecular formula is C13H15BrN2S. The molecule has 0 aliphatic rings. The summed E-state index contributed by atoms with van der Waals surface area (Å²) >= 11 is 5.24. The molecule has 1 heterocycles. The lowest BCUT2D eigenvalue weighted by Crippen LogP contribution is -2.16. The van der Waals surface area contributed by atoms with Gasteiger partial charge in [-0.1, -0.05) is 6.07 Å². The van der Waals surface area contributed by atoms with Crippen molar-refractivity contribution >= 4 is 38.6 Å². The van der Waals surface area contributed by atoms with Gasteiger partial charge in [0.15, 0.2) is 0 Å². The number of rotatable bonds is 3. The minimum atomic E-state index is 0.810. The maximum atomic E-state index is 5.83. The molecule has 2 N–H and O–H groups in total. The van der Waals surface area contributed by atoms with Gasteiger partial charge in [0.05, 0.1) is 6.54 Å². The van der Waals surface area contributed by atoms with Gasteiger partial charge in [0.1, 0.15) is 0 Å². The molecule has 0 spiro atoms. The van der Waals surface area contributed by atoms with Crippen LogP contribution in [0.3, 0.4) is 0 Å². The lowest BCUT2D eigenvalue weighted by Gasteiger charge is -2.21. The number of aryl methyl sites for hydroxylation is 1. The average Bonchev–Trinajstić information content (AvgIpc) is 2.67. The first-order valence-electron chi connectivity index (χ1n) is 5.36. The third-order valence-corrected chi connectivity index (χ3v) is 4.34. The summed E-state index contributed by atoms with van der Waals surface area (Å²) in [5.41, 5.74) is 9.08. The highest BCUT2D eigenvalue weighted by molar-refractivity contribution is 9.10. The Kier molecular flexibility index (Phi) is 3.74. The largest absolute Gasteiger partial charge is 0.399 e. The molecular weight excluding hydrogens is 296 g/mol. The van der Waals surface area contributed by atoms with Crippen LogP contribution in [0.5, 0.6) is 0 Å². The fourth-order valence-electron chi connectivity index (χ4n) is 1.79. The molecule has 0 amide bonds. The van der Waals surface area contributed by atoms with Gasteiger partial charge in [-0.3, -0.25) is 0 Å². The first-order chi connectivity index (χ1) is 8.06. The maximum Gasteiger partial charge on any atom is 0.0520 e. The number of nitrogens with two attached hydrogens (primary N) is 1. The summed E-state index contributed by atoms with van der Waals surface area (Å²) in [7, 11) is 2.09. The van der Waals surface area contributed by atoms with Gasteiger partial charge in [-0.05, 0) is 46.6 Å². The summed E-state index contributed by atoms with van der Waals surface area (Å²) in [6.07, 6.45) is 0. The van der Waals surface area contributed by atoms with Crippen LogP contribution in [0.25, 0.3) is 0 Å². The van der Waals surface area contributed by atoms with Gasteiger partial charge in [-0.25, -0.2) is 0 Å². The lowest BCUT2D eigenvalue weighted by molar-refractivity contribution is 0.934. The maximum absolute atomic E-state index is 5.83. The van der Waals surface area contributed by atoms with E-state index >= 15 is 0 Å². The zero-order valence-electron chi connectivity index (χ0n) is 9.90. The van der Waals surface area contributed by atoms with Crippen LogP contribution in [0, 0.1) is 6.92 Å². The number of thiophene rings is 1. The van der Waals surface area contributed by atoms with Crippen molar-refractivity contribution in [1.82, 2.24) is 0 Å². The van der Waals surface area contributed by atoms with E-state index in [9.17, 15) is 0 Å². The molecule has 1 aromatic heterocycles. The van der Waals surface area contributed by atoms with E-state index in [4.69, 9.17) is 5.73 Å². The molecule has 0 fully saturated rings. The molecule has 0 unspecified atom stereocenters. The third-order valence-electron chi connectivity index (χ3n) is 2.66. The van der Waals surface area contributed by atoms with Crippen molar-refractivity contribution < 1.29 is 0 Å². The Morgan fingerprint density at radius 2 is 2.12 bits per heavy atom. The summed E-state index contributed by atoms with van der Waals surface area (Å²) in [4.78, 5) is 3.56. The molecule has 0 saturated heterocycles. The molecule has 0 saturated carbocycles. The molecule has 4 heteroatoms. The van der Waals surface area contributed by atoms with Gasteiger partial charge in [0.2, 0.25) is 0 Å². The van der Waals surface area contributed by atoms with Crippen molar-refractivity contribution in [3.63, 3.8) is 0 Å². The summed E-state index contributed by atoms with van der Waals surface area (Å²) in [6.45, 7) is 3.01. The van der Waals surface area contributed by atoms with Crippen LogP contribution in [0.15, 0.2) is 34.1 Å². The number of nitrogen functional groups attached to an aromatic ring is 1. The normalized spacial score (nSPS) is 10.5. The van der Waals surface area contributed by atoms with Crippen LogP contribution in [0.4, 0.5) is 11.4 Å². The number of halogens is 1. The Bertz CT molecular complexity index is 522. The second-order valence-electron chi connectivity index (χ2n) is 4.13. The smallest absolute Gasteiger partial charge is 0.0520 e. The minimum Gasteiger partial charge on any atom is -0.399 e. The first kappa shape index (κ1) is 12.5. The zero-order chi connectivity index (χ0) is 12.4. The Morgan fingerprint density at radius 1 is 1.35 bits per heavy atom. The summed E-state index contributed by atoms with van der Waals surface area (Å²) in [5.74, 6) is 0. The molecule has 90 valence electrons. The number of hydrogen-bond donors (Lipinski definition) is 1. The van der Waals surface area contributed by atoms with Gasteiger partial charge < -0.3 is 10.6 Å². The van der Waals surface area contributed by atoms with E-state index in [2.05, 4.69) is 52.3 Å². The molecule has 2 rings (SSSR count). The van der Waals surface area contributed by atoms with E-state index < -0.39 is 0 Å². The van der Waals surface area contributed by atoms with Crippen LogP contribution < -0.4 is 10.6 Å². The predicted octanol–water partition coefficient (Wildman–Crippen LogP) is 4.04. The molecule has 1 aromatic carbocycles. The molecule has 2 aromatic rings. The topological polar surface area (TPSA) is 29.3 Å². The van der Waals surface area contributed by atoms with Crippen molar-refractivity contribution in [1.29, 1.82) is 0 Å². The molecule has 0 aliphatic carbocycles. The summed E-state index contributed by atoms with van der Waals surface area (Å²) in [6, 6.07) is 8.18. The monoisotopic (exact) mass is 310 g/mol. The van der Waals surface area contributed by atoms with Crippen molar-refractivity contribution in [2.75, 3.05) is 17.7 Å². The fourth-order valence-corrected chi connectivity index (χ4v) is 3.30. The van der Waals surface area contributed by atoms with Crippen LogP contribution in [-0.2, 0) is 6.54 Å². The molecule has 0 aliphatic heterocycles. The third kappa shape index (κ3) is 3.01. The SMILES string of the molecule is Cc1ccc(N)cc1N(C)Cc1cc(Br)cs1. The Morgan fingerprint density at radius 3 is 2.76 bits per heavy atom. The van der Waals surface area contributed by atoms with Gasteiger partial charge in [-0.15, -0.1) is 11.3 Å². The number of hydrogen-bond acceptors (Lipinski definition) is 3. The van der Waals surface area contributed by atoms with E-state index in [-0.39, 0.29) is 0 Å². The fraction of sp³-hybridized carbons (Fsp3) is 0.231. The molecule has 0 radical (unpaired) electrons. The molecule has 0 bridgehead atoms. The number of nitrogens with zero attached hydrogens (tertiary/aromatic N) is 1. The number of anilines is 2. The van der Waals surface area contributed by atoms with Crippen molar-refractivity contribution in [3.05, 3.63) is 44.6 Å². The van der Waals surface area contributed by atoms with E-state index in [1.165, 1.54) is 16.1 Å². The minimum absolute atomic E-state index is 0.810. The van der Waals surface area contributed by atoms with Gasteiger partial charge in [0, 0.05) is 33.2 Å².